The lowest BCUT2D eigenvalue weighted by molar-refractivity contribution is -0.142. The summed E-state index contributed by atoms with van der Waals surface area (Å²) in [6.07, 6.45) is 4.67. The molecule has 0 aromatic heterocycles. The lowest BCUT2D eigenvalue weighted by atomic mass is 9.97. The van der Waals surface area contributed by atoms with E-state index in [-0.39, 0.29) is 18.9 Å². The second-order valence-corrected chi connectivity index (χ2v) is 8.21. The van der Waals surface area contributed by atoms with E-state index in [4.69, 9.17) is 11.5 Å². The zero-order chi connectivity index (χ0) is 23.1. The summed E-state index contributed by atoms with van der Waals surface area (Å²) in [5.74, 6) is -2.32. The molecule has 0 aromatic rings. The van der Waals surface area contributed by atoms with Crippen molar-refractivity contribution < 1.29 is 24.3 Å². The van der Waals surface area contributed by atoms with E-state index in [1.54, 1.807) is 6.92 Å². The fourth-order valence-electron chi connectivity index (χ4n) is 2.62. The van der Waals surface area contributed by atoms with Crippen LogP contribution in [0, 0.1) is 5.92 Å². The first-order valence-corrected chi connectivity index (χ1v) is 11.6. The van der Waals surface area contributed by atoms with Crippen molar-refractivity contribution in [3.63, 3.8) is 0 Å². The Labute approximate surface area is 182 Å². The fraction of sp³-hybridized carbons (Fsp3) is 0.789. The normalized spacial score (nSPS) is 14.8. The maximum absolute atomic E-state index is 12.6. The summed E-state index contributed by atoms with van der Waals surface area (Å²) in [7, 11) is 0. The van der Waals surface area contributed by atoms with Crippen molar-refractivity contribution in [1.82, 2.24) is 16.0 Å². The summed E-state index contributed by atoms with van der Waals surface area (Å²) in [5.41, 5.74) is 11.2. The van der Waals surface area contributed by atoms with Gasteiger partial charge in [0.25, 0.3) is 0 Å². The molecule has 10 nitrogen and oxygen atoms in total. The molecule has 11 heteroatoms. The summed E-state index contributed by atoms with van der Waals surface area (Å²) < 4.78 is 0. The van der Waals surface area contributed by atoms with E-state index in [0.29, 0.717) is 25.1 Å². The second-order valence-electron chi connectivity index (χ2n) is 7.22. The number of unbranched alkanes of at least 4 members (excludes halogenated alkanes) is 1. The number of nitrogens with one attached hydrogen (secondary N) is 3. The number of hydrogen-bond donors (Lipinski definition) is 6. The van der Waals surface area contributed by atoms with Crippen LogP contribution in [0.5, 0.6) is 0 Å². The van der Waals surface area contributed by atoms with Gasteiger partial charge in [0.1, 0.15) is 12.1 Å². The van der Waals surface area contributed by atoms with Crippen LogP contribution in [-0.4, -0.2) is 72.0 Å². The molecule has 0 fully saturated rings. The Hall–Kier alpha value is -1.85. The number of rotatable bonds is 16. The van der Waals surface area contributed by atoms with E-state index in [1.807, 2.05) is 13.2 Å². The van der Waals surface area contributed by atoms with Gasteiger partial charge in [-0.25, -0.2) is 4.79 Å². The number of carbonyl (C=O) groups excluding carboxylic acids is 3. The molecule has 0 saturated carbocycles. The number of hydrogen-bond acceptors (Lipinski definition) is 7. The highest BCUT2D eigenvalue weighted by Crippen LogP contribution is 2.09. The van der Waals surface area contributed by atoms with Crippen molar-refractivity contribution in [2.45, 2.75) is 64.1 Å². The van der Waals surface area contributed by atoms with Gasteiger partial charge in [-0.2, -0.15) is 11.8 Å². The van der Waals surface area contributed by atoms with Crippen LogP contribution in [0.2, 0.25) is 0 Å². The van der Waals surface area contributed by atoms with Gasteiger partial charge in [-0.1, -0.05) is 26.7 Å². The number of carboxylic acid groups (broad SMARTS) is 1. The van der Waals surface area contributed by atoms with Gasteiger partial charge in [0.2, 0.25) is 17.7 Å². The summed E-state index contributed by atoms with van der Waals surface area (Å²) >= 11 is 1.48. The third-order valence-corrected chi connectivity index (χ3v) is 5.41. The number of carboxylic acids is 1. The number of aliphatic carboxylic acids is 1. The Morgan fingerprint density at radius 1 is 1.07 bits per heavy atom. The van der Waals surface area contributed by atoms with Crippen molar-refractivity contribution in [3.05, 3.63) is 0 Å². The van der Waals surface area contributed by atoms with Gasteiger partial charge in [0.05, 0.1) is 12.6 Å². The average molecular weight is 448 g/mol. The zero-order valence-corrected chi connectivity index (χ0v) is 18.9. The Morgan fingerprint density at radius 3 is 2.27 bits per heavy atom. The molecule has 30 heavy (non-hydrogen) atoms. The summed E-state index contributed by atoms with van der Waals surface area (Å²) in [5, 5.41) is 16.9. The molecule has 0 aliphatic heterocycles. The minimum absolute atomic E-state index is 0.224. The number of amides is 3. The molecule has 8 N–H and O–H groups in total. The minimum atomic E-state index is -1.12. The fourth-order valence-corrected chi connectivity index (χ4v) is 3.09. The molecule has 0 radical (unpaired) electrons. The minimum Gasteiger partial charge on any atom is -0.480 e. The monoisotopic (exact) mass is 447 g/mol. The van der Waals surface area contributed by atoms with E-state index in [1.165, 1.54) is 11.8 Å². The van der Waals surface area contributed by atoms with E-state index in [9.17, 15) is 24.3 Å². The molecule has 0 saturated heterocycles. The van der Waals surface area contributed by atoms with Crippen LogP contribution in [0.15, 0.2) is 0 Å². The lowest BCUT2D eigenvalue weighted by Gasteiger charge is -2.25. The Morgan fingerprint density at radius 2 is 1.73 bits per heavy atom. The quantitative estimate of drug-likeness (QED) is 0.170. The molecule has 0 bridgehead atoms. The molecule has 3 amide bonds. The standard InChI is InChI=1S/C19H37N5O5S/c1-4-12(2)16(18(27)23-14(19(28)29)8-10-30-3)24-15(25)11-22-17(26)13(21)7-5-6-9-20/h12-14,16H,4-11,20-21H2,1-3H3,(H,22,26)(H,23,27)(H,24,25)(H,28,29). The van der Waals surface area contributed by atoms with E-state index >= 15 is 0 Å². The van der Waals surface area contributed by atoms with Gasteiger partial charge < -0.3 is 32.5 Å². The first kappa shape index (κ1) is 28.1. The van der Waals surface area contributed by atoms with Crippen molar-refractivity contribution in [3.8, 4) is 0 Å². The van der Waals surface area contributed by atoms with Crippen LogP contribution in [0.3, 0.4) is 0 Å². The average Bonchev–Trinajstić information content (AvgIpc) is 2.72. The summed E-state index contributed by atoms with van der Waals surface area (Å²) in [6.45, 7) is 3.85. The predicted octanol–water partition coefficient (Wildman–Crippen LogP) is -0.588. The summed E-state index contributed by atoms with van der Waals surface area (Å²) in [6, 6.07) is -2.67. The van der Waals surface area contributed by atoms with E-state index < -0.39 is 41.8 Å². The van der Waals surface area contributed by atoms with Crippen LogP contribution in [-0.2, 0) is 19.2 Å². The highest BCUT2D eigenvalue weighted by Gasteiger charge is 2.29. The third-order valence-electron chi connectivity index (χ3n) is 4.77. The first-order valence-electron chi connectivity index (χ1n) is 10.2. The van der Waals surface area contributed by atoms with Gasteiger partial charge in [-0.15, -0.1) is 0 Å². The number of nitrogens with two attached hydrogens (primary N) is 2. The lowest BCUT2D eigenvalue weighted by Crippen LogP contribution is -2.56. The highest BCUT2D eigenvalue weighted by molar-refractivity contribution is 7.98. The third kappa shape index (κ3) is 11.4. The Balaban J connectivity index is 4.80. The van der Waals surface area contributed by atoms with Gasteiger partial charge >= 0.3 is 5.97 Å². The van der Waals surface area contributed by atoms with E-state index in [0.717, 1.165) is 12.8 Å². The van der Waals surface area contributed by atoms with Gasteiger partial charge in [-0.3, -0.25) is 14.4 Å². The SMILES string of the molecule is CCC(C)C(NC(=O)CNC(=O)C(N)CCCCN)C(=O)NC(CCSC)C(=O)O. The second kappa shape index (κ2) is 15.9. The molecule has 0 rings (SSSR count). The predicted molar refractivity (Wildman–Crippen MR) is 118 cm³/mol. The van der Waals surface area contributed by atoms with Crippen LogP contribution in [0.4, 0.5) is 0 Å². The maximum atomic E-state index is 12.6. The number of carbonyl (C=O) groups is 4. The smallest absolute Gasteiger partial charge is 0.326 e. The molecule has 0 aliphatic carbocycles. The Kier molecular flexibility index (Phi) is 14.9. The molecule has 4 unspecified atom stereocenters. The van der Waals surface area contributed by atoms with Crippen molar-refractivity contribution in [2.75, 3.05) is 25.1 Å². The van der Waals surface area contributed by atoms with Crippen LogP contribution >= 0.6 is 11.8 Å². The largest absolute Gasteiger partial charge is 0.480 e. The topological polar surface area (TPSA) is 177 Å². The van der Waals surface area contributed by atoms with Crippen LogP contribution in [0.25, 0.3) is 0 Å². The highest BCUT2D eigenvalue weighted by atomic mass is 32.2. The summed E-state index contributed by atoms with van der Waals surface area (Å²) in [4.78, 5) is 48.3. The first-order chi connectivity index (χ1) is 14.2. The Bertz CT molecular complexity index is 563. The molecule has 0 heterocycles. The van der Waals surface area contributed by atoms with Crippen molar-refractivity contribution in [1.29, 1.82) is 0 Å². The van der Waals surface area contributed by atoms with E-state index in [2.05, 4.69) is 16.0 Å². The van der Waals surface area contributed by atoms with Crippen molar-refractivity contribution >= 4 is 35.5 Å². The zero-order valence-electron chi connectivity index (χ0n) is 18.1. The molecule has 0 aromatic carbocycles. The van der Waals surface area contributed by atoms with Crippen LogP contribution < -0.4 is 27.4 Å². The van der Waals surface area contributed by atoms with Gasteiger partial charge in [-0.05, 0) is 43.7 Å². The molecule has 0 aliphatic rings. The molecule has 174 valence electrons. The van der Waals surface area contributed by atoms with Crippen molar-refractivity contribution in [2.24, 2.45) is 17.4 Å². The molecule has 4 atom stereocenters. The molecular formula is C19H37N5O5S. The molecule has 0 spiro atoms. The van der Waals surface area contributed by atoms with Crippen LogP contribution in [0.1, 0.15) is 46.0 Å². The maximum Gasteiger partial charge on any atom is 0.326 e. The van der Waals surface area contributed by atoms with Gasteiger partial charge in [0.15, 0.2) is 0 Å². The van der Waals surface area contributed by atoms with Gasteiger partial charge in [0, 0.05) is 0 Å². The molecular weight excluding hydrogens is 410 g/mol. The number of thioether (sulfide) groups is 1.